The van der Waals surface area contributed by atoms with Crippen molar-refractivity contribution < 1.29 is 19.1 Å². The third kappa shape index (κ3) is 3.28. The maximum Gasteiger partial charge on any atom is 0.412 e. The van der Waals surface area contributed by atoms with E-state index < -0.39 is 17.8 Å². The lowest BCUT2D eigenvalue weighted by molar-refractivity contribution is -0.141. The summed E-state index contributed by atoms with van der Waals surface area (Å²) >= 11 is 0. The lowest BCUT2D eigenvalue weighted by atomic mass is 9.84. The van der Waals surface area contributed by atoms with Crippen LogP contribution in [0, 0.1) is 13.8 Å². The molecule has 1 atom stereocenters. The summed E-state index contributed by atoms with van der Waals surface area (Å²) in [6.07, 6.45) is 2.40. The number of rotatable bonds is 3. The fourth-order valence-corrected chi connectivity index (χ4v) is 4.05. The van der Waals surface area contributed by atoms with Gasteiger partial charge < -0.3 is 14.8 Å². The van der Waals surface area contributed by atoms with E-state index >= 15 is 0 Å². The van der Waals surface area contributed by atoms with E-state index in [4.69, 9.17) is 9.47 Å². The van der Waals surface area contributed by atoms with Gasteiger partial charge in [0.25, 0.3) is 0 Å². The number of carbonyl (C=O) groups is 2. The van der Waals surface area contributed by atoms with Crippen LogP contribution in [0.4, 0.5) is 4.79 Å². The number of Topliss-reactive ketones (excluding diaryl/α,β-unsaturated/α-hetero) is 1. The molecule has 140 valence electrons. The maximum absolute atomic E-state index is 13.1. The van der Waals surface area contributed by atoms with E-state index in [1.54, 1.807) is 6.92 Å². The number of nitrogens with one attached hydrogen (secondary N) is 1. The molecule has 1 aromatic carbocycles. The first-order chi connectivity index (χ1) is 12.4. The predicted octanol–water partition coefficient (Wildman–Crippen LogP) is 4.06. The quantitative estimate of drug-likeness (QED) is 0.886. The zero-order valence-electron chi connectivity index (χ0n) is 16.0. The van der Waals surface area contributed by atoms with Gasteiger partial charge in [0, 0.05) is 6.54 Å². The third-order valence-corrected chi connectivity index (χ3v) is 5.24. The van der Waals surface area contributed by atoms with Crippen LogP contribution in [0.25, 0.3) is 5.57 Å². The minimum absolute atomic E-state index is 0.131. The van der Waals surface area contributed by atoms with Crippen LogP contribution in [0.2, 0.25) is 0 Å². The smallest absolute Gasteiger partial charge is 0.411 e. The largest absolute Gasteiger partial charge is 0.412 e. The maximum atomic E-state index is 13.1. The monoisotopic (exact) mass is 357 g/mol. The van der Waals surface area contributed by atoms with Gasteiger partial charge in [0.05, 0.1) is 5.57 Å². The van der Waals surface area contributed by atoms with E-state index in [0.29, 0.717) is 17.9 Å². The van der Waals surface area contributed by atoms with Crippen LogP contribution in [0.5, 0.6) is 0 Å². The highest BCUT2D eigenvalue weighted by Crippen LogP contribution is 2.47. The highest BCUT2D eigenvalue weighted by atomic mass is 16.6. The van der Waals surface area contributed by atoms with Gasteiger partial charge in [-0.15, -0.1) is 0 Å². The van der Waals surface area contributed by atoms with Gasteiger partial charge in [0.2, 0.25) is 0 Å². The van der Waals surface area contributed by atoms with Crippen LogP contribution in [0.3, 0.4) is 0 Å². The molecule has 1 heterocycles. The summed E-state index contributed by atoms with van der Waals surface area (Å²) in [5.74, 6) is 0.254. The molecule has 5 nitrogen and oxygen atoms in total. The molecule has 1 saturated carbocycles. The number of ketones is 1. The molecule has 0 saturated heterocycles. The number of carbonyl (C=O) groups excluding carboxylic acids is 2. The van der Waals surface area contributed by atoms with E-state index in [9.17, 15) is 9.59 Å². The molecule has 1 amide bonds. The summed E-state index contributed by atoms with van der Waals surface area (Å²) in [5, 5.41) is 2.66. The second-order valence-electron chi connectivity index (χ2n) is 7.27. The number of alkyl carbamates (subject to hydrolysis) is 1. The zero-order valence-corrected chi connectivity index (χ0v) is 16.0. The van der Waals surface area contributed by atoms with Gasteiger partial charge >= 0.3 is 6.09 Å². The first-order valence-corrected chi connectivity index (χ1v) is 9.38. The normalized spacial score (nSPS) is 22.0. The number of benzene rings is 1. The summed E-state index contributed by atoms with van der Waals surface area (Å²) in [7, 11) is 0. The molecule has 1 N–H and O–H groups in total. The minimum atomic E-state index is -0.689. The lowest BCUT2D eigenvalue weighted by Gasteiger charge is -2.39. The van der Waals surface area contributed by atoms with Gasteiger partial charge in [0.15, 0.2) is 11.5 Å². The molecule has 0 bridgehead atoms. The Morgan fingerprint density at radius 3 is 2.62 bits per heavy atom. The number of hydrogen-bond donors (Lipinski definition) is 1. The average molecular weight is 357 g/mol. The van der Waals surface area contributed by atoms with Crippen molar-refractivity contribution >= 4 is 17.4 Å². The lowest BCUT2D eigenvalue weighted by Crippen LogP contribution is -2.46. The molecule has 5 heteroatoms. The Hall–Kier alpha value is -2.14. The van der Waals surface area contributed by atoms with E-state index in [1.807, 2.05) is 39.0 Å². The Kier molecular flexibility index (Phi) is 5.19. The van der Waals surface area contributed by atoms with Crippen molar-refractivity contribution in [2.45, 2.75) is 65.1 Å². The fourth-order valence-electron chi connectivity index (χ4n) is 4.05. The molecule has 0 radical (unpaired) electrons. The molecular formula is C21H27NO4. The van der Waals surface area contributed by atoms with Crippen LogP contribution in [-0.4, -0.2) is 30.1 Å². The van der Waals surface area contributed by atoms with Crippen LogP contribution < -0.4 is 5.32 Å². The first kappa shape index (κ1) is 18.6. The molecule has 1 spiro atoms. The summed E-state index contributed by atoms with van der Waals surface area (Å²) in [6.45, 7) is 8.08. The van der Waals surface area contributed by atoms with Gasteiger partial charge in [-0.1, -0.05) is 23.8 Å². The highest BCUT2D eigenvalue weighted by molar-refractivity contribution is 6.24. The molecule has 2 aliphatic rings. The highest BCUT2D eigenvalue weighted by Gasteiger charge is 2.50. The van der Waals surface area contributed by atoms with Gasteiger partial charge in [-0.25, -0.2) is 4.79 Å². The van der Waals surface area contributed by atoms with E-state index in [-0.39, 0.29) is 5.78 Å². The third-order valence-electron chi connectivity index (χ3n) is 5.24. The fraction of sp³-hybridized carbons (Fsp3) is 0.524. The molecule has 1 aliphatic carbocycles. The molecule has 1 aromatic rings. The van der Waals surface area contributed by atoms with Crippen LogP contribution in [0.1, 0.15) is 56.2 Å². The first-order valence-electron chi connectivity index (χ1n) is 9.38. The molecule has 1 unspecified atom stereocenters. The van der Waals surface area contributed by atoms with Gasteiger partial charge in [0.1, 0.15) is 11.7 Å². The standard InChI is InChI=1S/C21H27NO4/c1-5-22-20(24)25-19-17(16-9-8-13(2)12-14(16)3)18(23)15(4)26-21(19)10-6-7-11-21/h8-9,12,15H,5-7,10-11H2,1-4H3,(H,22,24). The predicted molar refractivity (Wildman–Crippen MR) is 99.7 cm³/mol. The minimum Gasteiger partial charge on any atom is -0.411 e. The Labute approximate surface area is 154 Å². The van der Waals surface area contributed by atoms with Crippen molar-refractivity contribution in [2.75, 3.05) is 6.54 Å². The van der Waals surface area contributed by atoms with E-state index in [2.05, 4.69) is 5.32 Å². The van der Waals surface area contributed by atoms with Gasteiger partial charge in [-0.05, 0) is 64.5 Å². The summed E-state index contributed by atoms with van der Waals surface area (Å²) in [5.41, 5.74) is 2.75. The second-order valence-corrected chi connectivity index (χ2v) is 7.27. The van der Waals surface area contributed by atoms with Gasteiger partial charge in [-0.3, -0.25) is 4.79 Å². The Balaban J connectivity index is 2.20. The van der Waals surface area contributed by atoms with Crippen molar-refractivity contribution in [1.82, 2.24) is 5.32 Å². The van der Waals surface area contributed by atoms with Crippen molar-refractivity contribution in [2.24, 2.45) is 0 Å². The van der Waals surface area contributed by atoms with Crippen molar-refractivity contribution in [1.29, 1.82) is 0 Å². The summed E-state index contributed by atoms with van der Waals surface area (Å²) in [6, 6.07) is 5.97. The van der Waals surface area contributed by atoms with Crippen molar-refractivity contribution in [3.63, 3.8) is 0 Å². The average Bonchev–Trinajstić information content (AvgIpc) is 3.04. The molecule has 3 rings (SSSR count). The van der Waals surface area contributed by atoms with Crippen LogP contribution in [0.15, 0.2) is 24.0 Å². The van der Waals surface area contributed by atoms with Crippen molar-refractivity contribution in [3.05, 3.63) is 40.6 Å². The Bertz CT molecular complexity index is 759. The molecule has 0 aromatic heterocycles. The summed E-state index contributed by atoms with van der Waals surface area (Å²) < 4.78 is 11.9. The van der Waals surface area contributed by atoms with Crippen molar-refractivity contribution in [3.8, 4) is 0 Å². The Morgan fingerprint density at radius 2 is 2.00 bits per heavy atom. The summed E-state index contributed by atoms with van der Waals surface area (Å²) in [4.78, 5) is 25.3. The van der Waals surface area contributed by atoms with E-state index in [0.717, 1.165) is 42.4 Å². The number of amides is 1. The van der Waals surface area contributed by atoms with Crippen LogP contribution in [-0.2, 0) is 14.3 Å². The number of hydrogen-bond acceptors (Lipinski definition) is 4. The zero-order chi connectivity index (χ0) is 18.9. The van der Waals surface area contributed by atoms with E-state index in [1.165, 1.54) is 0 Å². The number of ether oxygens (including phenoxy) is 2. The van der Waals surface area contributed by atoms with Crippen LogP contribution >= 0.6 is 0 Å². The topological polar surface area (TPSA) is 64.6 Å². The molecule has 1 fully saturated rings. The molecule has 1 aliphatic heterocycles. The number of aryl methyl sites for hydroxylation is 2. The SMILES string of the molecule is CCNC(=O)OC1=C(c2ccc(C)cc2C)C(=O)C(C)OC12CCCC2. The molecular weight excluding hydrogens is 330 g/mol. The Morgan fingerprint density at radius 1 is 1.31 bits per heavy atom. The van der Waals surface area contributed by atoms with Gasteiger partial charge in [-0.2, -0.15) is 0 Å². The second kappa shape index (κ2) is 7.23. The molecule has 26 heavy (non-hydrogen) atoms.